The molecule has 0 saturated carbocycles. The number of halogens is 3. The van der Waals surface area contributed by atoms with Crippen molar-refractivity contribution >= 4 is 9.84 Å². The van der Waals surface area contributed by atoms with E-state index in [2.05, 4.69) is 5.16 Å². The van der Waals surface area contributed by atoms with Gasteiger partial charge in [-0.05, 0) is 48.4 Å². The van der Waals surface area contributed by atoms with Crippen molar-refractivity contribution in [2.24, 2.45) is 0 Å². The Morgan fingerprint density at radius 3 is 2.19 bits per heavy atom. The molecule has 2 aromatic carbocycles. The van der Waals surface area contributed by atoms with Crippen LogP contribution in [0.1, 0.15) is 11.3 Å². The maximum Gasteiger partial charge on any atom is 0.181 e. The standard InChI is InChI=1S/C18H14F3NO4S/c1-9-5-10(3-4-12(9)19)17-16(15(8-23)26-22-17)11-6-13(20)18(14(21)7-11)27(2,24)25/h3-7,23H,8H2,1-2H3. The molecule has 1 aromatic heterocycles. The van der Waals surface area contributed by atoms with Crippen LogP contribution in [-0.2, 0) is 16.4 Å². The second-order valence-electron chi connectivity index (χ2n) is 5.99. The third kappa shape index (κ3) is 3.47. The van der Waals surface area contributed by atoms with Crippen LogP contribution >= 0.6 is 0 Å². The molecule has 27 heavy (non-hydrogen) atoms. The molecular formula is C18H14F3NO4S. The second kappa shape index (κ2) is 6.82. The lowest BCUT2D eigenvalue weighted by Gasteiger charge is -2.08. The topological polar surface area (TPSA) is 80.4 Å². The molecule has 0 bridgehead atoms. The fourth-order valence-electron chi connectivity index (χ4n) is 2.78. The Balaban J connectivity index is 2.26. The second-order valence-corrected chi connectivity index (χ2v) is 7.95. The van der Waals surface area contributed by atoms with Gasteiger partial charge in [0, 0.05) is 11.8 Å². The fraction of sp³-hybridized carbons (Fsp3) is 0.167. The number of aromatic nitrogens is 1. The first-order chi connectivity index (χ1) is 12.6. The molecule has 0 radical (unpaired) electrons. The van der Waals surface area contributed by atoms with Gasteiger partial charge in [-0.25, -0.2) is 21.6 Å². The molecule has 1 N–H and O–H groups in total. The van der Waals surface area contributed by atoms with Crippen LogP contribution in [0.5, 0.6) is 0 Å². The fourth-order valence-corrected chi connectivity index (χ4v) is 3.60. The van der Waals surface area contributed by atoms with E-state index in [1.165, 1.54) is 25.1 Å². The zero-order valence-corrected chi connectivity index (χ0v) is 15.1. The van der Waals surface area contributed by atoms with E-state index in [-0.39, 0.29) is 22.6 Å². The number of aliphatic hydroxyl groups excluding tert-OH is 1. The number of aryl methyl sites for hydroxylation is 1. The number of hydrogen-bond acceptors (Lipinski definition) is 5. The Hall–Kier alpha value is -2.65. The van der Waals surface area contributed by atoms with Crippen molar-refractivity contribution in [3.05, 3.63) is 59.1 Å². The van der Waals surface area contributed by atoms with Crippen molar-refractivity contribution < 1.29 is 31.2 Å². The van der Waals surface area contributed by atoms with Gasteiger partial charge in [0.15, 0.2) is 15.6 Å². The zero-order chi connectivity index (χ0) is 19.9. The lowest BCUT2D eigenvalue weighted by Crippen LogP contribution is -2.05. The van der Waals surface area contributed by atoms with Crippen LogP contribution < -0.4 is 0 Å². The van der Waals surface area contributed by atoms with Gasteiger partial charge in [-0.1, -0.05) is 5.16 Å². The summed E-state index contributed by atoms with van der Waals surface area (Å²) in [5.41, 5.74) is 0.867. The number of sulfone groups is 1. The van der Waals surface area contributed by atoms with Crippen LogP contribution in [0.15, 0.2) is 39.8 Å². The van der Waals surface area contributed by atoms with Gasteiger partial charge in [-0.2, -0.15) is 0 Å². The SMILES string of the molecule is Cc1cc(-c2noc(CO)c2-c2cc(F)c(S(C)(=O)=O)c(F)c2)ccc1F. The molecule has 5 nitrogen and oxygen atoms in total. The lowest BCUT2D eigenvalue weighted by molar-refractivity contribution is 0.230. The van der Waals surface area contributed by atoms with E-state index in [0.717, 1.165) is 12.1 Å². The van der Waals surface area contributed by atoms with Crippen molar-refractivity contribution in [3.63, 3.8) is 0 Å². The molecule has 0 aliphatic rings. The molecule has 0 aliphatic carbocycles. The summed E-state index contributed by atoms with van der Waals surface area (Å²) in [6.07, 6.45) is 0.694. The largest absolute Gasteiger partial charge is 0.388 e. The minimum absolute atomic E-state index is 0.0697. The van der Waals surface area contributed by atoms with Crippen LogP contribution in [0.3, 0.4) is 0 Å². The Morgan fingerprint density at radius 1 is 1.04 bits per heavy atom. The number of benzene rings is 2. The smallest absolute Gasteiger partial charge is 0.181 e. The third-order valence-corrected chi connectivity index (χ3v) is 5.13. The van der Waals surface area contributed by atoms with Crippen LogP contribution in [0, 0.1) is 24.4 Å². The molecule has 142 valence electrons. The molecule has 3 rings (SSSR count). The number of nitrogens with zero attached hydrogens (tertiary/aromatic N) is 1. The molecule has 0 amide bonds. The van der Waals surface area contributed by atoms with Gasteiger partial charge >= 0.3 is 0 Å². The highest BCUT2D eigenvalue weighted by molar-refractivity contribution is 7.90. The number of rotatable bonds is 4. The summed E-state index contributed by atoms with van der Waals surface area (Å²) < 4.78 is 70.3. The summed E-state index contributed by atoms with van der Waals surface area (Å²) in [6, 6.07) is 5.73. The lowest BCUT2D eigenvalue weighted by atomic mass is 9.98. The third-order valence-electron chi connectivity index (χ3n) is 4.00. The summed E-state index contributed by atoms with van der Waals surface area (Å²) in [5, 5.41) is 13.3. The Morgan fingerprint density at radius 2 is 1.67 bits per heavy atom. The molecule has 0 unspecified atom stereocenters. The highest BCUT2D eigenvalue weighted by Crippen LogP contribution is 2.37. The summed E-state index contributed by atoms with van der Waals surface area (Å²) >= 11 is 0. The molecule has 0 saturated heterocycles. The normalized spacial score (nSPS) is 11.8. The van der Waals surface area contributed by atoms with Gasteiger partial charge < -0.3 is 9.63 Å². The van der Waals surface area contributed by atoms with E-state index in [1.807, 2.05) is 0 Å². The predicted octanol–water partition coefficient (Wildman–Crippen LogP) is 3.63. The highest BCUT2D eigenvalue weighted by atomic mass is 32.2. The van der Waals surface area contributed by atoms with Crippen LogP contribution in [0.2, 0.25) is 0 Å². The minimum Gasteiger partial charge on any atom is -0.388 e. The van der Waals surface area contributed by atoms with Crippen LogP contribution in [-0.4, -0.2) is 24.9 Å². The first-order valence-corrected chi connectivity index (χ1v) is 9.58. The van der Waals surface area contributed by atoms with Crippen molar-refractivity contribution in [3.8, 4) is 22.4 Å². The van der Waals surface area contributed by atoms with E-state index in [1.54, 1.807) is 0 Å². The zero-order valence-electron chi connectivity index (χ0n) is 14.3. The molecular weight excluding hydrogens is 383 g/mol. The predicted molar refractivity (Wildman–Crippen MR) is 91.0 cm³/mol. The minimum atomic E-state index is -4.12. The van der Waals surface area contributed by atoms with Gasteiger partial charge in [0.05, 0.1) is 5.56 Å². The summed E-state index contributed by atoms with van der Waals surface area (Å²) in [5.74, 6) is -3.07. The summed E-state index contributed by atoms with van der Waals surface area (Å²) in [6.45, 7) is 0.922. The first kappa shape index (κ1) is 19.1. The van der Waals surface area contributed by atoms with Gasteiger partial charge in [0.2, 0.25) is 0 Å². The van der Waals surface area contributed by atoms with Crippen LogP contribution in [0.4, 0.5) is 13.2 Å². The van der Waals surface area contributed by atoms with Gasteiger partial charge in [0.25, 0.3) is 0 Å². The highest BCUT2D eigenvalue weighted by Gasteiger charge is 2.25. The maximum absolute atomic E-state index is 14.3. The van der Waals surface area contributed by atoms with E-state index in [0.29, 0.717) is 17.4 Å². The van der Waals surface area contributed by atoms with Crippen molar-refractivity contribution in [2.75, 3.05) is 6.26 Å². The molecule has 1 heterocycles. The molecule has 0 atom stereocenters. The Kier molecular flexibility index (Phi) is 4.83. The Bertz CT molecular complexity index is 1120. The molecule has 0 aliphatic heterocycles. The number of hydrogen-bond donors (Lipinski definition) is 1. The molecule has 3 aromatic rings. The van der Waals surface area contributed by atoms with Gasteiger partial charge in [0.1, 0.15) is 34.6 Å². The van der Waals surface area contributed by atoms with Crippen molar-refractivity contribution in [2.45, 2.75) is 18.4 Å². The summed E-state index contributed by atoms with van der Waals surface area (Å²) in [4.78, 5) is -1.05. The Labute approximate surface area is 153 Å². The van der Waals surface area contributed by atoms with E-state index in [9.17, 15) is 26.7 Å². The maximum atomic E-state index is 14.3. The van der Waals surface area contributed by atoms with E-state index in [4.69, 9.17) is 4.52 Å². The van der Waals surface area contributed by atoms with Crippen molar-refractivity contribution in [1.29, 1.82) is 0 Å². The van der Waals surface area contributed by atoms with Gasteiger partial charge in [-0.3, -0.25) is 0 Å². The first-order valence-electron chi connectivity index (χ1n) is 7.69. The quantitative estimate of drug-likeness (QED) is 0.727. The van der Waals surface area contributed by atoms with Gasteiger partial charge in [-0.15, -0.1) is 0 Å². The number of aliphatic hydroxyl groups is 1. The average molecular weight is 397 g/mol. The monoisotopic (exact) mass is 397 g/mol. The average Bonchev–Trinajstić information content (AvgIpc) is 2.99. The van der Waals surface area contributed by atoms with E-state index >= 15 is 0 Å². The van der Waals surface area contributed by atoms with E-state index < -0.39 is 38.8 Å². The molecule has 9 heteroatoms. The van der Waals surface area contributed by atoms with Crippen LogP contribution in [0.25, 0.3) is 22.4 Å². The summed E-state index contributed by atoms with van der Waals surface area (Å²) in [7, 11) is -4.12. The molecule has 0 fully saturated rings. The molecule has 0 spiro atoms. The van der Waals surface area contributed by atoms with Crippen molar-refractivity contribution in [1.82, 2.24) is 5.16 Å².